The topological polar surface area (TPSA) is 26.3 Å². The minimum atomic E-state index is 0.179. The molecule has 0 fully saturated rings. The van der Waals surface area contributed by atoms with Crippen LogP contribution in [-0.4, -0.2) is 12.4 Å². The molecule has 0 amide bonds. The van der Waals surface area contributed by atoms with Crippen molar-refractivity contribution in [1.82, 2.24) is 0 Å². The lowest BCUT2D eigenvalue weighted by Gasteiger charge is -2.09. The predicted octanol–water partition coefficient (Wildman–Crippen LogP) is 3.19. The zero-order chi connectivity index (χ0) is 10.6. The highest BCUT2D eigenvalue weighted by Gasteiger charge is 2.03. The third-order valence-corrected chi connectivity index (χ3v) is 2.30. The van der Waals surface area contributed by atoms with Crippen LogP contribution in [0.1, 0.15) is 29.8 Å². The van der Waals surface area contributed by atoms with E-state index in [1.54, 1.807) is 6.07 Å². The van der Waals surface area contributed by atoms with Crippen LogP contribution in [0.4, 0.5) is 0 Å². The first kappa shape index (κ1) is 11.4. The molecule has 0 aliphatic carbocycles. The van der Waals surface area contributed by atoms with Gasteiger partial charge in [0.1, 0.15) is 6.29 Å². The van der Waals surface area contributed by atoms with Crippen LogP contribution >= 0.6 is 15.9 Å². The van der Waals surface area contributed by atoms with Gasteiger partial charge in [-0.3, -0.25) is 4.79 Å². The lowest BCUT2D eigenvalue weighted by Crippen LogP contribution is -2.04. The van der Waals surface area contributed by atoms with Crippen LogP contribution in [0.3, 0.4) is 0 Å². The smallest absolute Gasteiger partial charge is 0.150 e. The molecule has 76 valence electrons. The van der Waals surface area contributed by atoms with Crippen molar-refractivity contribution in [3.05, 3.63) is 33.8 Å². The maximum absolute atomic E-state index is 10.7. The highest BCUT2D eigenvalue weighted by atomic mass is 79.9. The predicted molar refractivity (Wildman–Crippen MR) is 59.5 cm³/mol. The van der Waals surface area contributed by atoms with Gasteiger partial charge < -0.3 is 4.74 Å². The van der Waals surface area contributed by atoms with Gasteiger partial charge in [-0.2, -0.15) is 0 Å². The van der Waals surface area contributed by atoms with Crippen LogP contribution in [0.5, 0.6) is 0 Å². The van der Waals surface area contributed by atoms with E-state index in [9.17, 15) is 4.79 Å². The Bertz CT molecular complexity index is 321. The van der Waals surface area contributed by atoms with Gasteiger partial charge in [0.05, 0.1) is 12.7 Å². The number of carbonyl (C=O) groups excluding carboxylic acids is 1. The second kappa shape index (κ2) is 5.27. The molecule has 1 aromatic carbocycles. The molecule has 0 saturated carbocycles. The number of halogens is 1. The van der Waals surface area contributed by atoms with E-state index in [-0.39, 0.29) is 6.10 Å². The Balaban J connectivity index is 2.80. The number of benzene rings is 1. The molecule has 1 rings (SSSR count). The Labute approximate surface area is 92.4 Å². The second-order valence-corrected chi connectivity index (χ2v) is 4.24. The molecule has 0 radical (unpaired) electrons. The summed E-state index contributed by atoms with van der Waals surface area (Å²) in [6.45, 7) is 4.43. The minimum Gasteiger partial charge on any atom is -0.374 e. The van der Waals surface area contributed by atoms with E-state index in [2.05, 4.69) is 15.9 Å². The quantitative estimate of drug-likeness (QED) is 0.774. The summed E-state index contributed by atoms with van der Waals surface area (Å²) in [5.41, 5.74) is 1.61. The van der Waals surface area contributed by atoms with Crippen molar-refractivity contribution in [1.29, 1.82) is 0 Å². The fourth-order valence-electron chi connectivity index (χ4n) is 1.06. The van der Waals surface area contributed by atoms with Gasteiger partial charge >= 0.3 is 0 Å². The zero-order valence-electron chi connectivity index (χ0n) is 8.29. The van der Waals surface area contributed by atoms with Crippen molar-refractivity contribution >= 4 is 22.2 Å². The van der Waals surface area contributed by atoms with E-state index in [1.807, 2.05) is 26.0 Å². The molecule has 0 spiro atoms. The molecule has 0 heterocycles. The van der Waals surface area contributed by atoms with Crippen molar-refractivity contribution in [3.63, 3.8) is 0 Å². The highest BCUT2D eigenvalue weighted by Crippen LogP contribution is 2.16. The summed E-state index contributed by atoms with van der Waals surface area (Å²) in [4.78, 5) is 10.7. The van der Waals surface area contributed by atoms with Gasteiger partial charge in [0.15, 0.2) is 0 Å². The molecule has 1 aromatic rings. The van der Waals surface area contributed by atoms with Gasteiger partial charge in [0.25, 0.3) is 0 Å². The van der Waals surface area contributed by atoms with Crippen molar-refractivity contribution < 1.29 is 9.53 Å². The van der Waals surface area contributed by atoms with Crippen molar-refractivity contribution in [2.75, 3.05) is 0 Å². The minimum absolute atomic E-state index is 0.179. The molecule has 14 heavy (non-hydrogen) atoms. The molecular weight excluding hydrogens is 244 g/mol. The molecule has 0 atom stereocenters. The largest absolute Gasteiger partial charge is 0.374 e. The Morgan fingerprint density at radius 3 is 2.79 bits per heavy atom. The standard InChI is InChI=1S/C11H13BrO2/c1-8(2)14-7-9-3-4-11(12)5-10(9)6-13/h3-6,8H,7H2,1-2H3. The third-order valence-electron chi connectivity index (χ3n) is 1.81. The Morgan fingerprint density at radius 1 is 1.50 bits per heavy atom. The third kappa shape index (κ3) is 3.24. The second-order valence-electron chi connectivity index (χ2n) is 3.32. The Kier molecular flexibility index (Phi) is 4.29. The molecule has 2 nitrogen and oxygen atoms in total. The van der Waals surface area contributed by atoms with Gasteiger partial charge in [-0.25, -0.2) is 0 Å². The molecule has 0 aliphatic rings. The maximum atomic E-state index is 10.7. The monoisotopic (exact) mass is 256 g/mol. The number of ether oxygens (including phenoxy) is 1. The van der Waals surface area contributed by atoms with Crippen molar-refractivity contribution in [2.45, 2.75) is 26.6 Å². The van der Waals surface area contributed by atoms with E-state index >= 15 is 0 Å². The van der Waals surface area contributed by atoms with E-state index in [0.717, 1.165) is 16.3 Å². The number of aldehydes is 1. The molecule has 0 aromatic heterocycles. The molecule has 0 bridgehead atoms. The molecule has 0 aliphatic heterocycles. The van der Waals surface area contributed by atoms with Gasteiger partial charge in [-0.05, 0) is 31.5 Å². The summed E-state index contributed by atoms with van der Waals surface area (Å²) >= 11 is 3.32. The van der Waals surface area contributed by atoms with E-state index in [1.165, 1.54) is 0 Å². The number of hydrogen-bond acceptors (Lipinski definition) is 2. The van der Waals surface area contributed by atoms with Gasteiger partial charge in [-0.15, -0.1) is 0 Å². The Morgan fingerprint density at radius 2 is 2.21 bits per heavy atom. The first-order valence-corrected chi connectivity index (χ1v) is 5.28. The molecule has 0 N–H and O–H groups in total. The summed E-state index contributed by atoms with van der Waals surface area (Å²) < 4.78 is 6.35. The SMILES string of the molecule is CC(C)OCc1ccc(Br)cc1C=O. The van der Waals surface area contributed by atoms with Crippen molar-refractivity contribution in [3.8, 4) is 0 Å². The number of rotatable bonds is 4. The van der Waals surface area contributed by atoms with E-state index < -0.39 is 0 Å². The summed E-state index contributed by atoms with van der Waals surface area (Å²) in [7, 11) is 0. The average molecular weight is 257 g/mol. The fraction of sp³-hybridized carbons (Fsp3) is 0.364. The van der Waals surface area contributed by atoms with Gasteiger partial charge in [0, 0.05) is 10.0 Å². The molecule has 0 saturated heterocycles. The highest BCUT2D eigenvalue weighted by molar-refractivity contribution is 9.10. The van der Waals surface area contributed by atoms with E-state index in [0.29, 0.717) is 12.2 Å². The lowest BCUT2D eigenvalue weighted by atomic mass is 10.1. The molecular formula is C11H13BrO2. The van der Waals surface area contributed by atoms with Crippen LogP contribution in [0.2, 0.25) is 0 Å². The lowest BCUT2D eigenvalue weighted by molar-refractivity contribution is 0.0651. The maximum Gasteiger partial charge on any atom is 0.150 e. The van der Waals surface area contributed by atoms with Crippen LogP contribution in [-0.2, 0) is 11.3 Å². The van der Waals surface area contributed by atoms with Crippen LogP contribution in [0.15, 0.2) is 22.7 Å². The number of hydrogen-bond donors (Lipinski definition) is 0. The van der Waals surface area contributed by atoms with Gasteiger partial charge in [0.2, 0.25) is 0 Å². The molecule has 0 unspecified atom stereocenters. The van der Waals surface area contributed by atoms with Crippen LogP contribution in [0, 0.1) is 0 Å². The van der Waals surface area contributed by atoms with E-state index in [4.69, 9.17) is 4.74 Å². The van der Waals surface area contributed by atoms with Crippen LogP contribution in [0.25, 0.3) is 0 Å². The summed E-state index contributed by atoms with van der Waals surface area (Å²) in [6.07, 6.45) is 1.03. The first-order valence-electron chi connectivity index (χ1n) is 4.48. The summed E-state index contributed by atoms with van der Waals surface area (Å²) in [5.74, 6) is 0. The average Bonchev–Trinajstić information content (AvgIpc) is 2.15. The van der Waals surface area contributed by atoms with Gasteiger partial charge in [-0.1, -0.05) is 22.0 Å². The zero-order valence-corrected chi connectivity index (χ0v) is 9.87. The fourth-order valence-corrected chi connectivity index (χ4v) is 1.44. The Hall–Kier alpha value is -0.670. The van der Waals surface area contributed by atoms with Crippen LogP contribution < -0.4 is 0 Å². The summed E-state index contributed by atoms with van der Waals surface area (Å²) in [5, 5.41) is 0. The first-order chi connectivity index (χ1) is 6.63. The molecule has 3 heteroatoms. The normalized spacial score (nSPS) is 10.6. The van der Waals surface area contributed by atoms with Crippen molar-refractivity contribution in [2.24, 2.45) is 0 Å². The number of carbonyl (C=O) groups is 1. The summed E-state index contributed by atoms with van der Waals surface area (Å²) in [6, 6.07) is 5.61.